The SMILES string of the molecule is CCN1C(S)=C(C#N)C(=O)N[C@@H]1c1ccccc1. The lowest BCUT2D eigenvalue weighted by Gasteiger charge is -2.37. The van der Waals surface area contributed by atoms with Crippen LogP contribution in [0.4, 0.5) is 0 Å². The molecule has 1 N–H and O–H groups in total. The van der Waals surface area contributed by atoms with Gasteiger partial charge in [-0.1, -0.05) is 30.3 Å². The van der Waals surface area contributed by atoms with Crippen molar-refractivity contribution in [2.24, 2.45) is 0 Å². The van der Waals surface area contributed by atoms with Crippen LogP contribution in [-0.4, -0.2) is 17.4 Å². The minimum absolute atomic E-state index is 0.0624. The van der Waals surface area contributed by atoms with Crippen molar-refractivity contribution in [2.75, 3.05) is 6.54 Å². The average Bonchev–Trinajstić information content (AvgIpc) is 2.39. The third-order valence-electron chi connectivity index (χ3n) is 2.87. The highest BCUT2D eigenvalue weighted by Gasteiger charge is 2.31. The molecule has 1 aromatic rings. The monoisotopic (exact) mass is 259 g/mol. The summed E-state index contributed by atoms with van der Waals surface area (Å²) in [5, 5.41) is 12.2. The summed E-state index contributed by atoms with van der Waals surface area (Å²) in [4.78, 5) is 13.7. The van der Waals surface area contributed by atoms with Crippen molar-refractivity contribution in [1.29, 1.82) is 5.26 Å². The van der Waals surface area contributed by atoms with Gasteiger partial charge in [-0.3, -0.25) is 4.79 Å². The van der Waals surface area contributed by atoms with Crippen LogP contribution in [0.1, 0.15) is 18.7 Å². The number of nitriles is 1. The fourth-order valence-corrected chi connectivity index (χ4v) is 2.38. The number of benzene rings is 1. The van der Waals surface area contributed by atoms with E-state index in [1.54, 1.807) is 0 Å². The highest BCUT2D eigenvalue weighted by molar-refractivity contribution is 7.84. The van der Waals surface area contributed by atoms with Crippen LogP contribution in [-0.2, 0) is 4.79 Å². The van der Waals surface area contributed by atoms with E-state index in [2.05, 4.69) is 17.9 Å². The van der Waals surface area contributed by atoms with Gasteiger partial charge in [-0.15, -0.1) is 12.6 Å². The van der Waals surface area contributed by atoms with Crippen LogP contribution in [0.2, 0.25) is 0 Å². The van der Waals surface area contributed by atoms with E-state index in [0.29, 0.717) is 11.6 Å². The van der Waals surface area contributed by atoms with Crippen molar-refractivity contribution in [3.63, 3.8) is 0 Å². The molecule has 4 nitrogen and oxygen atoms in total. The molecule has 0 aromatic heterocycles. The Morgan fingerprint density at radius 3 is 2.67 bits per heavy atom. The van der Waals surface area contributed by atoms with Gasteiger partial charge in [0, 0.05) is 6.54 Å². The smallest absolute Gasteiger partial charge is 0.266 e. The lowest BCUT2D eigenvalue weighted by Crippen LogP contribution is -2.45. The number of hydrogen-bond donors (Lipinski definition) is 2. The molecule has 0 bridgehead atoms. The molecule has 1 heterocycles. The third-order valence-corrected chi connectivity index (χ3v) is 3.35. The van der Waals surface area contributed by atoms with Gasteiger partial charge >= 0.3 is 0 Å². The Kier molecular flexibility index (Phi) is 3.58. The second-order valence-electron chi connectivity index (χ2n) is 3.88. The van der Waals surface area contributed by atoms with E-state index in [0.717, 1.165) is 5.56 Å². The number of amides is 1. The Bertz CT molecular complexity index is 533. The molecular formula is C13H13N3OS. The van der Waals surface area contributed by atoms with E-state index in [-0.39, 0.29) is 17.6 Å². The summed E-state index contributed by atoms with van der Waals surface area (Å²) in [5.74, 6) is -0.374. The van der Waals surface area contributed by atoms with Crippen LogP contribution in [0.15, 0.2) is 40.9 Å². The Labute approximate surface area is 111 Å². The van der Waals surface area contributed by atoms with Gasteiger partial charge in [0.25, 0.3) is 5.91 Å². The Morgan fingerprint density at radius 2 is 2.11 bits per heavy atom. The van der Waals surface area contributed by atoms with Crippen molar-refractivity contribution < 1.29 is 4.79 Å². The second-order valence-corrected chi connectivity index (χ2v) is 4.31. The first-order valence-corrected chi connectivity index (χ1v) is 6.09. The number of carbonyl (C=O) groups excluding carboxylic acids is 1. The molecule has 0 aliphatic carbocycles. The van der Waals surface area contributed by atoms with Gasteiger partial charge < -0.3 is 10.2 Å². The first-order valence-electron chi connectivity index (χ1n) is 5.64. The highest BCUT2D eigenvalue weighted by atomic mass is 32.1. The van der Waals surface area contributed by atoms with E-state index in [4.69, 9.17) is 5.26 Å². The predicted octanol–water partition coefficient (Wildman–Crippen LogP) is 1.80. The predicted molar refractivity (Wildman–Crippen MR) is 71.3 cm³/mol. The maximum absolute atomic E-state index is 11.8. The maximum Gasteiger partial charge on any atom is 0.266 e. The minimum atomic E-state index is -0.374. The third kappa shape index (κ3) is 2.07. The summed E-state index contributed by atoms with van der Waals surface area (Å²) >= 11 is 4.30. The molecule has 0 radical (unpaired) electrons. The van der Waals surface area contributed by atoms with Crippen molar-refractivity contribution in [1.82, 2.24) is 10.2 Å². The van der Waals surface area contributed by atoms with Gasteiger partial charge in [0.05, 0.1) is 5.03 Å². The Morgan fingerprint density at radius 1 is 1.44 bits per heavy atom. The number of carbonyl (C=O) groups is 1. The van der Waals surface area contributed by atoms with Crippen LogP contribution < -0.4 is 5.32 Å². The Balaban J connectivity index is 2.44. The topological polar surface area (TPSA) is 56.1 Å². The van der Waals surface area contributed by atoms with Crippen molar-refractivity contribution in [3.05, 3.63) is 46.5 Å². The molecule has 0 fully saturated rings. The number of rotatable bonds is 2. The van der Waals surface area contributed by atoms with Crippen molar-refractivity contribution in [2.45, 2.75) is 13.1 Å². The average molecular weight is 259 g/mol. The summed E-state index contributed by atoms with van der Waals surface area (Å²) < 4.78 is 0. The molecule has 0 saturated carbocycles. The molecule has 92 valence electrons. The molecule has 5 heteroatoms. The molecule has 1 aliphatic heterocycles. The fourth-order valence-electron chi connectivity index (χ4n) is 1.97. The molecule has 0 saturated heterocycles. The van der Waals surface area contributed by atoms with E-state index >= 15 is 0 Å². The highest BCUT2D eigenvalue weighted by Crippen LogP contribution is 2.29. The first kappa shape index (κ1) is 12.5. The van der Waals surface area contributed by atoms with E-state index in [9.17, 15) is 4.79 Å². The zero-order valence-corrected chi connectivity index (χ0v) is 10.8. The second kappa shape index (κ2) is 5.15. The lowest BCUT2D eigenvalue weighted by molar-refractivity contribution is -0.120. The fraction of sp³-hybridized carbons (Fsp3) is 0.231. The van der Waals surface area contributed by atoms with Gasteiger partial charge in [-0.25, -0.2) is 0 Å². The summed E-state index contributed by atoms with van der Waals surface area (Å²) in [7, 11) is 0. The molecule has 1 aliphatic rings. The number of nitrogens with one attached hydrogen (secondary N) is 1. The van der Waals surface area contributed by atoms with Crippen LogP contribution >= 0.6 is 12.6 Å². The zero-order valence-electron chi connectivity index (χ0n) is 9.92. The van der Waals surface area contributed by atoms with Gasteiger partial charge in [0.1, 0.15) is 17.8 Å². The number of nitrogens with zero attached hydrogens (tertiary/aromatic N) is 2. The molecule has 2 rings (SSSR count). The summed E-state index contributed by atoms with van der Waals surface area (Å²) in [6.45, 7) is 2.61. The largest absolute Gasteiger partial charge is 0.341 e. The first-order chi connectivity index (χ1) is 8.69. The molecular weight excluding hydrogens is 246 g/mol. The van der Waals surface area contributed by atoms with E-state index in [1.165, 1.54) is 0 Å². The molecule has 1 atom stereocenters. The number of hydrogen-bond acceptors (Lipinski definition) is 4. The maximum atomic E-state index is 11.8. The van der Waals surface area contributed by atoms with E-state index in [1.807, 2.05) is 48.2 Å². The molecule has 0 unspecified atom stereocenters. The van der Waals surface area contributed by atoms with Gasteiger partial charge in [0.2, 0.25) is 0 Å². The minimum Gasteiger partial charge on any atom is -0.341 e. The quantitative estimate of drug-likeness (QED) is 0.796. The standard InChI is InChI=1S/C13H13N3OS/c1-2-16-11(9-6-4-3-5-7-9)15-12(17)10(8-14)13(16)18/h3-7,11,18H,2H2,1H3,(H,15,17)/t11-/m0/s1. The van der Waals surface area contributed by atoms with E-state index < -0.39 is 0 Å². The summed E-state index contributed by atoms with van der Waals surface area (Å²) in [6.07, 6.45) is -0.270. The molecule has 1 amide bonds. The van der Waals surface area contributed by atoms with Crippen LogP contribution in [0.25, 0.3) is 0 Å². The van der Waals surface area contributed by atoms with Crippen LogP contribution in [0.5, 0.6) is 0 Å². The number of thiol groups is 1. The molecule has 0 spiro atoms. The lowest BCUT2D eigenvalue weighted by atomic mass is 10.1. The molecule has 18 heavy (non-hydrogen) atoms. The Hall–Kier alpha value is -1.93. The van der Waals surface area contributed by atoms with Crippen molar-refractivity contribution in [3.8, 4) is 6.07 Å². The normalized spacial score (nSPS) is 19.5. The van der Waals surface area contributed by atoms with Gasteiger partial charge in [0.15, 0.2) is 0 Å². The van der Waals surface area contributed by atoms with Gasteiger partial charge in [-0.05, 0) is 12.5 Å². The molecule has 1 aromatic carbocycles. The summed E-state index contributed by atoms with van der Waals surface area (Å²) in [5.41, 5.74) is 1.03. The van der Waals surface area contributed by atoms with Crippen LogP contribution in [0.3, 0.4) is 0 Å². The summed E-state index contributed by atoms with van der Waals surface area (Å²) in [6, 6.07) is 11.5. The van der Waals surface area contributed by atoms with Crippen molar-refractivity contribution >= 4 is 18.5 Å². The zero-order chi connectivity index (χ0) is 13.1. The van der Waals surface area contributed by atoms with Gasteiger partial charge in [-0.2, -0.15) is 5.26 Å². The van der Waals surface area contributed by atoms with Crippen LogP contribution in [0, 0.1) is 11.3 Å².